The maximum absolute atomic E-state index is 11.9. The zero-order valence-electron chi connectivity index (χ0n) is 12.0. The Morgan fingerprint density at radius 2 is 2.04 bits per heavy atom. The first-order valence-electron chi connectivity index (χ1n) is 6.89. The van der Waals surface area contributed by atoms with E-state index in [1.807, 2.05) is 0 Å². The minimum atomic E-state index is -0.303. The Bertz CT molecular complexity index is 804. The highest BCUT2D eigenvalue weighted by Crippen LogP contribution is 2.19. The van der Waals surface area contributed by atoms with E-state index in [0.29, 0.717) is 11.7 Å². The molecule has 0 aromatic carbocycles. The van der Waals surface area contributed by atoms with Gasteiger partial charge in [-0.3, -0.25) is 9.78 Å². The smallest absolute Gasteiger partial charge is 0.227 e. The van der Waals surface area contributed by atoms with Crippen molar-refractivity contribution in [3.05, 3.63) is 48.7 Å². The van der Waals surface area contributed by atoms with E-state index in [2.05, 4.69) is 25.4 Å². The molecule has 0 aliphatic heterocycles. The highest BCUT2D eigenvalue weighted by molar-refractivity contribution is 5.91. The normalized spacial score (nSPS) is 10.4. The Balaban J connectivity index is 1.58. The highest BCUT2D eigenvalue weighted by atomic mass is 16.5. The number of carbonyl (C=O) groups is 1. The summed E-state index contributed by atoms with van der Waals surface area (Å²) in [4.78, 5) is 23.9. The van der Waals surface area contributed by atoms with E-state index in [1.165, 1.54) is 12.3 Å². The van der Waals surface area contributed by atoms with Gasteiger partial charge < -0.3 is 14.9 Å². The Hall–Kier alpha value is -3.29. The van der Waals surface area contributed by atoms with Crippen LogP contribution in [0.25, 0.3) is 11.4 Å². The lowest BCUT2D eigenvalue weighted by Crippen LogP contribution is -2.13. The van der Waals surface area contributed by atoms with E-state index < -0.39 is 0 Å². The fourth-order valence-corrected chi connectivity index (χ4v) is 1.88. The van der Waals surface area contributed by atoms with Gasteiger partial charge in [0.2, 0.25) is 17.6 Å². The zero-order chi connectivity index (χ0) is 16.1. The average Bonchev–Trinajstić information content (AvgIpc) is 3.05. The number of aromatic nitrogens is 4. The van der Waals surface area contributed by atoms with Crippen molar-refractivity contribution in [1.29, 1.82) is 0 Å². The summed E-state index contributed by atoms with van der Waals surface area (Å²) in [5.74, 6) is 0.546. The summed E-state index contributed by atoms with van der Waals surface area (Å²) in [5, 5.41) is 15.9. The molecule has 3 aromatic rings. The third-order valence-electron chi connectivity index (χ3n) is 3.02. The molecule has 0 saturated heterocycles. The molecule has 0 spiro atoms. The molecule has 2 N–H and O–H groups in total. The van der Waals surface area contributed by atoms with Crippen molar-refractivity contribution >= 4 is 11.7 Å². The monoisotopic (exact) mass is 311 g/mol. The van der Waals surface area contributed by atoms with E-state index in [1.54, 1.807) is 30.6 Å². The van der Waals surface area contributed by atoms with Gasteiger partial charge >= 0.3 is 0 Å². The Labute approximate surface area is 131 Å². The Morgan fingerprint density at radius 1 is 1.22 bits per heavy atom. The second-order valence-electron chi connectivity index (χ2n) is 4.67. The van der Waals surface area contributed by atoms with E-state index >= 15 is 0 Å². The van der Waals surface area contributed by atoms with Gasteiger partial charge in [-0.05, 0) is 24.3 Å². The van der Waals surface area contributed by atoms with Crippen LogP contribution in [0.4, 0.5) is 5.82 Å². The number of hydrogen-bond donors (Lipinski definition) is 2. The highest BCUT2D eigenvalue weighted by Gasteiger charge is 2.12. The minimum absolute atomic E-state index is 0.0846. The lowest BCUT2D eigenvalue weighted by molar-refractivity contribution is -0.116. The van der Waals surface area contributed by atoms with Crippen molar-refractivity contribution in [2.45, 2.75) is 12.8 Å². The fraction of sp³-hybridized carbons (Fsp3) is 0.133. The Kier molecular flexibility index (Phi) is 4.23. The lowest BCUT2D eigenvalue weighted by Gasteiger charge is -2.04. The maximum atomic E-state index is 11.9. The number of aryl methyl sites for hydroxylation is 1. The molecule has 3 heterocycles. The number of nitrogens with zero attached hydrogens (tertiary/aromatic N) is 4. The summed E-state index contributed by atoms with van der Waals surface area (Å²) in [7, 11) is 0. The van der Waals surface area contributed by atoms with Crippen molar-refractivity contribution < 1.29 is 14.4 Å². The molecule has 1 amide bonds. The molecule has 3 aromatic heterocycles. The number of rotatable bonds is 5. The molecular formula is C15H13N5O3. The van der Waals surface area contributed by atoms with Gasteiger partial charge in [0.25, 0.3) is 0 Å². The van der Waals surface area contributed by atoms with Crippen LogP contribution in [0.3, 0.4) is 0 Å². The van der Waals surface area contributed by atoms with Gasteiger partial charge in [0.15, 0.2) is 11.6 Å². The van der Waals surface area contributed by atoms with Gasteiger partial charge in [-0.1, -0.05) is 5.16 Å². The molecule has 8 nitrogen and oxygen atoms in total. The third kappa shape index (κ3) is 3.67. The number of anilines is 1. The number of nitrogens with one attached hydrogen (secondary N) is 1. The summed E-state index contributed by atoms with van der Waals surface area (Å²) < 4.78 is 5.12. The third-order valence-corrected chi connectivity index (χ3v) is 3.02. The summed E-state index contributed by atoms with van der Waals surface area (Å²) in [6.45, 7) is 0. The van der Waals surface area contributed by atoms with Gasteiger partial charge in [0, 0.05) is 37.0 Å². The van der Waals surface area contributed by atoms with Crippen molar-refractivity contribution in [1.82, 2.24) is 20.1 Å². The van der Waals surface area contributed by atoms with Gasteiger partial charge in [-0.25, -0.2) is 4.98 Å². The molecular weight excluding hydrogens is 298 g/mol. The number of hydrogen-bond acceptors (Lipinski definition) is 7. The lowest BCUT2D eigenvalue weighted by atomic mass is 10.2. The Morgan fingerprint density at radius 3 is 2.83 bits per heavy atom. The topological polar surface area (TPSA) is 114 Å². The number of carbonyl (C=O) groups excluding carboxylic acids is 1. The van der Waals surface area contributed by atoms with Gasteiger partial charge in [0.05, 0.1) is 0 Å². The van der Waals surface area contributed by atoms with Crippen molar-refractivity contribution in [3.8, 4) is 17.1 Å². The fourth-order valence-electron chi connectivity index (χ4n) is 1.88. The SMILES string of the molecule is O=C(CCc1nc(-c2ccncc2)no1)Nc1ncccc1O. The van der Waals surface area contributed by atoms with E-state index in [-0.39, 0.29) is 30.3 Å². The van der Waals surface area contributed by atoms with Gasteiger partial charge in [-0.2, -0.15) is 4.98 Å². The van der Waals surface area contributed by atoms with Crippen LogP contribution in [-0.2, 0) is 11.2 Å². The van der Waals surface area contributed by atoms with E-state index in [9.17, 15) is 9.90 Å². The molecule has 0 aliphatic rings. The first-order chi connectivity index (χ1) is 11.2. The summed E-state index contributed by atoms with van der Waals surface area (Å²) in [6, 6.07) is 6.56. The number of aromatic hydroxyl groups is 1. The van der Waals surface area contributed by atoms with Crippen LogP contribution in [-0.4, -0.2) is 31.1 Å². The van der Waals surface area contributed by atoms with Gasteiger partial charge in [0.1, 0.15) is 0 Å². The largest absolute Gasteiger partial charge is 0.504 e. The predicted molar refractivity (Wildman–Crippen MR) is 80.4 cm³/mol. The molecule has 0 atom stereocenters. The van der Waals surface area contributed by atoms with E-state index in [4.69, 9.17) is 4.52 Å². The maximum Gasteiger partial charge on any atom is 0.227 e. The summed E-state index contributed by atoms with van der Waals surface area (Å²) >= 11 is 0. The number of amides is 1. The molecule has 8 heteroatoms. The standard InChI is InChI=1S/C15H13N5O3/c21-11-2-1-7-17-15(11)18-12(22)3-4-13-19-14(20-23-13)10-5-8-16-9-6-10/h1-2,5-9,21H,3-4H2,(H,17,18,22). The predicted octanol–water partition coefficient (Wildman–Crippen LogP) is 1.80. The number of pyridine rings is 2. The van der Waals surface area contributed by atoms with Crippen molar-refractivity contribution in [3.63, 3.8) is 0 Å². The van der Waals surface area contributed by atoms with Gasteiger partial charge in [-0.15, -0.1) is 0 Å². The zero-order valence-corrected chi connectivity index (χ0v) is 12.0. The minimum Gasteiger partial charge on any atom is -0.504 e. The first-order valence-corrected chi connectivity index (χ1v) is 6.89. The second kappa shape index (κ2) is 6.65. The summed E-state index contributed by atoms with van der Waals surface area (Å²) in [5.41, 5.74) is 0.790. The van der Waals surface area contributed by atoms with Crippen LogP contribution >= 0.6 is 0 Å². The van der Waals surface area contributed by atoms with Crippen LogP contribution in [0.2, 0.25) is 0 Å². The van der Waals surface area contributed by atoms with Crippen LogP contribution in [0.1, 0.15) is 12.3 Å². The second-order valence-corrected chi connectivity index (χ2v) is 4.67. The van der Waals surface area contributed by atoms with Crippen LogP contribution in [0.5, 0.6) is 5.75 Å². The van der Waals surface area contributed by atoms with Crippen molar-refractivity contribution in [2.24, 2.45) is 0 Å². The summed E-state index contributed by atoms with van der Waals surface area (Å²) in [6.07, 6.45) is 5.18. The van der Waals surface area contributed by atoms with Crippen LogP contribution in [0, 0.1) is 0 Å². The molecule has 23 heavy (non-hydrogen) atoms. The quantitative estimate of drug-likeness (QED) is 0.738. The van der Waals surface area contributed by atoms with Crippen LogP contribution < -0.4 is 5.32 Å². The molecule has 0 saturated carbocycles. The molecule has 0 unspecified atom stereocenters. The molecule has 116 valence electrons. The molecule has 0 aliphatic carbocycles. The molecule has 3 rings (SSSR count). The first kappa shape index (κ1) is 14.6. The molecule has 0 bridgehead atoms. The van der Waals surface area contributed by atoms with E-state index in [0.717, 1.165) is 5.56 Å². The molecule has 0 radical (unpaired) electrons. The molecule has 0 fully saturated rings. The van der Waals surface area contributed by atoms with Crippen LogP contribution in [0.15, 0.2) is 47.4 Å². The van der Waals surface area contributed by atoms with Crippen molar-refractivity contribution in [2.75, 3.05) is 5.32 Å². The average molecular weight is 311 g/mol.